The summed E-state index contributed by atoms with van der Waals surface area (Å²) in [5.74, 6) is -0.327. The van der Waals surface area contributed by atoms with E-state index in [-0.39, 0.29) is 18.2 Å². The SMILES string of the molecule is CC(O)(CC(=O)Nc1ccc2c(c1)CC(=O)N2)c1ccccc1. The van der Waals surface area contributed by atoms with Crippen LogP contribution in [-0.2, 0) is 21.6 Å². The van der Waals surface area contributed by atoms with Crippen LogP contribution in [0.25, 0.3) is 0 Å². The van der Waals surface area contributed by atoms with Crippen LogP contribution in [0.15, 0.2) is 48.5 Å². The second kappa shape index (κ2) is 5.85. The highest BCUT2D eigenvalue weighted by Crippen LogP contribution is 2.28. The molecule has 2 aromatic rings. The zero-order chi connectivity index (χ0) is 16.4. The van der Waals surface area contributed by atoms with Gasteiger partial charge in [-0.1, -0.05) is 30.3 Å². The van der Waals surface area contributed by atoms with Crippen molar-refractivity contribution in [3.05, 3.63) is 59.7 Å². The zero-order valence-corrected chi connectivity index (χ0v) is 12.8. The summed E-state index contributed by atoms with van der Waals surface area (Å²) in [6, 6.07) is 14.4. The van der Waals surface area contributed by atoms with Crippen LogP contribution in [0.1, 0.15) is 24.5 Å². The molecule has 1 atom stereocenters. The standard InChI is InChI=1S/C18H18N2O3/c1-18(23,13-5-3-2-4-6-13)11-17(22)19-14-7-8-15-12(9-14)10-16(21)20-15/h2-9,23H,10-11H2,1H3,(H,19,22)(H,20,21). The molecule has 1 aliphatic heterocycles. The molecule has 5 nitrogen and oxygen atoms in total. The normalized spacial score (nSPS) is 15.5. The molecule has 0 bridgehead atoms. The van der Waals surface area contributed by atoms with Gasteiger partial charge in [0.2, 0.25) is 11.8 Å². The molecule has 3 rings (SSSR count). The van der Waals surface area contributed by atoms with Crippen molar-refractivity contribution >= 4 is 23.2 Å². The number of nitrogens with one attached hydrogen (secondary N) is 2. The van der Waals surface area contributed by atoms with Crippen molar-refractivity contribution in [2.24, 2.45) is 0 Å². The summed E-state index contributed by atoms with van der Waals surface area (Å²) in [6.45, 7) is 1.62. The third-order valence-corrected chi connectivity index (χ3v) is 3.91. The van der Waals surface area contributed by atoms with Crippen LogP contribution in [0, 0.1) is 0 Å². The lowest BCUT2D eigenvalue weighted by Crippen LogP contribution is -2.28. The van der Waals surface area contributed by atoms with Crippen LogP contribution in [0.2, 0.25) is 0 Å². The van der Waals surface area contributed by atoms with E-state index in [1.165, 1.54) is 0 Å². The smallest absolute Gasteiger partial charge is 0.228 e. The number of hydrogen-bond acceptors (Lipinski definition) is 3. The Kier molecular flexibility index (Phi) is 3.88. The van der Waals surface area contributed by atoms with E-state index in [2.05, 4.69) is 10.6 Å². The van der Waals surface area contributed by atoms with Gasteiger partial charge in [0.1, 0.15) is 0 Å². The Hall–Kier alpha value is -2.66. The van der Waals surface area contributed by atoms with Gasteiger partial charge < -0.3 is 15.7 Å². The van der Waals surface area contributed by atoms with E-state index in [9.17, 15) is 14.7 Å². The molecule has 1 heterocycles. The second-order valence-corrected chi connectivity index (χ2v) is 5.96. The van der Waals surface area contributed by atoms with Gasteiger partial charge in [-0.25, -0.2) is 0 Å². The minimum absolute atomic E-state index is 0.0458. The Morgan fingerprint density at radius 2 is 2.00 bits per heavy atom. The Morgan fingerprint density at radius 3 is 2.74 bits per heavy atom. The first-order chi connectivity index (χ1) is 10.9. The van der Waals surface area contributed by atoms with Crippen LogP contribution in [0.5, 0.6) is 0 Å². The van der Waals surface area contributed by atoms with Gasteiger partial charge in [-0.2, -0.15) is 0 Å². The molecule has 0 fully saturated rings. The first-order valence-corrected chi connectivity index (χ1v) is 7.44. The minimum atomic E-state index is -1.24. The van der Waals surface area contributed by atoms with E-state index in [0.29, 0.717) is 17.7 Å². The molecular weight excluding hydrogens is 292 g/mol. The molecule has 2 amide bonds. The summed E-state index contributed by atoms with van der Waals surface area (Å²) in [5, 5.41) is 16.0. The molecular formula is C18H18N2O3. The number of benzene rings is 2. The molecule has 0 saturated carbocycles. The van der Waals surface area contributed by atoms with Crippen molar-refractivity contribution in [2.75, 3.05) is 10.6 Å². The van der Waals surface area contributed by atoms with E-state index >= 15 is 0 Å². The third-order valence-electron chi connectivity index (χ3n) is 3.91. The van der Waals surface area contributed by atoms with E-state index in [1.54, 1.807) is 37.3 Å². The van der Waals surface area contributed by atoms with Crippen LogP contribution in [-0.4, -0.2) is 16.9 Å². The van der Waals surface area contributed by atoms with Crippen molar-refractivity contribution in [2.45, 2.75) is 25.4 Å². The topological polar surface area (TPSA) is 78.4 Å². The van der Waals surface area contributed by atoms with Gasteiger partial charge in [0.25, 0.3) is 0 Å². The highest BCUT2D eigenvalue weighted by Gasteiger charge is 2.26. The molecule has 0 aliphatic carbocycles. The fraction of sp³-hybridized carbons (Fsp3) is 0.222. The number of hydrogen-bond donors (Lipinski definition) is 3. The van der Waals surface area contributed by atoms with Gasteiger partial charge in [0.05, 0.1) is 18.4 Å². The highest BCUT2D eigenvalue weighted by molar-refractivity contribution is 6.00. The second-order valence-electron chi connectivity index (χ2n) is 5.96. The maximum Gasteiger partial charge on any atom is 0.228 e. The Morgan fingerprint density at radius 1 is 1.26 bits per heavy atom. The van der Waals surface area contributed by atoms with Gasteiger partial charge in [-0.05, 0) is 36.2 Å². The Bertz CT molecular complexity index is 754. The van der Waals surface area contributed by atoms with Crippen molar-refractivity contribution < 1.29 is 14.7 Å². The number of carbonyl (C=O) groups is 2. The Labute approximate surface area is 134 Å². The lowest BCUT2D eigenvalue weighted by atomic mass is 9.92. The van der Waals surface area contributed by atoms with Crippen LogP contribution in [0.3, 0.4) is 0 Å². The first-order valence-electron chi connectivity index (χ1n) is 7.44. The lowest BCUT2D eigenvalue weighted by Gasteiger charge is -2.23. The molecule has 0 saturated heterocycles. The van der Waals surface area contributed by atoms with Crippen molar-refractivity contribution in [3.8, 4) is 0 Å². The van der Waals surface area contributed by atoms with E-state index in [1.807, 2.05) is 18.2 Å². The molecule has 2 aromatic carbocycles. The van der Waals surface area contributed by atoms with Gasteiger partial charge in [-0.3, -0.25) is 9.59 Å². The fourth-order valence-electron chi connectivity index (χ4n) is 2.72. The molecule has 1 aliphatic rings. The van der Waals surface area contributed by atoms with Crippen LogP contribution >= 0.6 is 0 Å². The predicted molar refractivity (Wildman–Crippen MR) is 88.0 cm³/mol. The van der Waals surface area contributed by atoms with E-state index in [4.69, 9.17) is 0 Å². The molecule has 5 heteroatoms. The van der Waals surface area contributed by atoms with Gasteiger partial charge in [0, 0.05) is 11.4 Å². The number of anilines is 2. The quantitative estimate of drug-likeness (QED) is 0.811. The monoisotopic (exact) mass is 310 g/mol. The lowest BCUT2D eigenvalue weighted by molar-refractivity contribution is -0.120. The average molecular weight is 310 g/mol. The number of amides is 2. The Balaban J connectivity index is 1.68. The van der Waals surface area contributed by atoms with Crippen molar-refractivity contribution in [3.63, 3.8) is 0 Å². The average Bonchev–Trinajstić information content (AvgIpc) is 2.87. The van der Waals surface area contributed by atoms with Gasteiger partial charge in [0.15, 0.2) is 0 Å². The fourth-order valence-corrected chi connectivity index (χ4v) is 2.72. The number of carbonyl (C=O) groups excluding carboxylic acids is 2. The van der Waals surface area contributed by atoms with Gasteiger partial charge in [-0.15, -0.1) is 0 Å². The molecule has 0 radical (unpaired) electrons. The molecule has 23 heavy (non-hydrogen) atoms. The summed E-state index contributed by atoms with van der Waals surface area (Å²) in [6.07, 6.45) is 0.270. The van der Waals surface area contributed by atoms with E-state index in [0.717, 1.165) is 11.3 Å². The number of rotatable bonds is 4. The molecule has 0 aromatic heterocycles. The molecule has 118 valence electrons. The summed E-state index contributed by atoms with van der Waals surface area (Å²) in [7, 11) is 0. The van der Waals surface area contributed by atoms with Crippen LogP contribution < -0.4 is 10.6 Å². The predicted octanol–water partition coefficient (Wildman–Crippen LogP) is 2.42. The number of aliphatic hydroxyl groups is 1. The molecule has 0 spiro atoms. The maximum absolute atomic E-state index is 12.2. The summed E-state index contributed by atoms with van der Waals surface area (Å²) < 4.78 is 0. The summed E-state index contributed by atoms with van der Waals surface area (Å²) in [5.41, 5.74) is 1.72. The molecule has 3 N–H and O–H groups in total. The zero-order valence-electron chi connectivity index (χ0n) is 12.8. The first kappa shape index (κ1) is 15.2. The van der Waals surface area contributed by atoms with E-state index < -0.39 is 5.60 Å². The molecule has 1 unspecified atom stereocenters. The summed E-state index contributed by atoms with van der Waals surface area (Å²) >= 11 is 0. The van der Waals surface area contributed by atoms with Crippen molar-refractivity contribution in [1.82, 2.24) is 0 Å². The maximum atomic E-state index is 12.2. The van der Waals surface area contributed by atoms with Gasteiger partial charge >= 0.3 is 0 Å². The van der Waals surface area contributed by atoms with Crippen molar-refractivity contribution in [1.29, 1.82) is 0 Å². The highest BCUT2D eigenvalue weighted by atomic mass is 16.3. The minimum Gasteiger partial charge on any atom is -0.385 e. The largest absolute Gasteiger partial charge is 0.385 e. The van der Waals surface area contributed by atoms with Crippen LogP contribution in [0.4, 0.5) is 11.4 Å². The third kappa shape index (κ3) is 3.40. The number of fused-ring (bicyclic) bond motifs is 1. The summed E-state index contributed by atoms with van der Waals surface area (Å²) in [4.78, 5) is 23.6.